The van der Waals surface area contributed by atoms with Gasteiger partial charge in [0.05, 0.1) is 11.5 Å². The summed E-state index contributed by atoms with van der Waals surface area (Å²) in [7, 11) is -3.61. The van der Waals surface area contributed by atoms with Crippen molar-refractivity contribution in [1.29, 1.82) is 0 Å². The lowest BCUT2D eigenvalue weighted by Gasteiger charge is -2.46. The van der Waals surface area contributed by atoms with Gasteiger partial charge in [-0.3, -0.25) is 0 Å². The van der Waals surface area contributed by atoms with Gasteiger partial charge < -0.3 is 10.1 Å². The van der Waals surface area contributed by atoms with Gasteiger partial charge in [0, 0.05) is 22.7 Å². The Morgan fingerprint density at radius 3 is 2.19 bits per heavy atom. The summed E-state index contributed by atoms with van der Waals surface area (Å²) >= 11 is 0. The molecule has 2 N–H and O–H groups in total. The first kappa shape index (κ1) is 22.2. The standard InChI is InChI=1S/C21H36N2O3S/c1-9-26-18-11-10-16(12-17(18)19(2,3)4)27(24,25)22-15-13-20(5,6)23-21(7,8)14-15/h10-12,15,22-23H,9,13-14H2,1-8H3. The average molecular weight is 397 g/mol. The summed E-state index contributed by atoms with van der Waals surface area (Å²) in [5.41, 5.74) is 0.446. The van der Waals surface area contributed by atoms with E-state index in [0.717, 1.165) is 24.2 Å². The zero-order valence-electron chi connectivity index (χ0n) is 18.1. The van der Waals surface area contributed by atoms with Crippen molar-refractivity contribution in [3.8, 4) is 5.75 Å². The molecule has 1 aliphatic heterocycles. The second kappa shape index (κ2) is 7.37. The van der Waals surface area contributed by atoms with Crippen LogP contribution in [0.2, 0.25) is 0 Å². The number of piperidine rings is 1. The molecule has 5 nitrogen and oxygen atoms in total. The minimum atomic E-state index is -3.61. The Labute approximate surface area is 165 Å². The molecular weight excluding hydrogens is 360 g/mol. The van der Waals surface area contributed by atoms with Gasteiger partial charge in [0.2, 0.25) is 10.0 Å². The topological polar surface area (TPSA) is 67.4 Å². The van der Waals surface area contributed by atoms with Crippen LogP contribution >= 0.6 is 0 Å². The third-order valence-electron chi connectivity index (χ3n) is 4.88. The van der Waals surface area contributed by atoms with Crippen LogP contribution in [0.3, 0.4) is 0 Å². The predicted molar refractivity (Wildman–Crippen MR) is 111 cm³/mol. The van der Waals surface area contributed by atoms with Crippen LogP contribution in [0, 0.1) is 0 Å². The highest BCUT2D eigenvalue weighted by atomic mass is 32.2. The van der Waals surface area contributed by atoms with Crippen molar-refractivity contribution in [2.45, 2.75) is 95.7 Å². The van der Waals surface area contributed by atoms with E-state index >= 15 is 0 Å². The van der Waals surface area contributed by atoms with E-state index in [1.165, 1.54) is 0 Å². The van der Waals surface area contributed by atoms with Crippen LogP contribution in [0.25, 0.3) is 0 Å². The highest BCUT2D eigenvalue weighted by Crippen LogP contribution is 2.34. The van der Waals surface area contributed by atoms with Gasteiger partial charge in [0.15, 0.2) is 0 Å². The maximum absolute atomic E-state index is 13.1. The summed E-state index contributed by atoms with van der Waals surface area (Å²) < 4.78 is 34.9. The lowest BCUT2D eigenvalue weighted by atomic mass is 9.80. The molecule has 0 unspecified atom stereocenters. The fraction of sp³-hybridized carbons (Fsp3) is 0.714. The molecule has 0 aromatic heterocycles. The van der Waals surface area contributed by atoms with Crippen molar-refractivity contribution >= 4 is 10.0 Å². The van der Waals surface area contributed by atoms with Crippen LogP contribution in [0.1, 0.15) is 73.8 Å². The first-order valence-electron chi connectivity index (χ1n) is 9.74. The molecule has 1 saturated heterocycles. The Morgan fingerprint density at radius 1 is 1.15 bits per heavy atom. The molecule has 6 heteroatoms. The molecule has 0 spiro atoms. The SMILES string of the molecule is CCOc1ccc(S(=O)(=O)NC2CC(C)(C)NC(C)(C)C2)cc1C(C)(C)C. The van der Waals surface area contributed by atoms with Crippen molar-refractivity contribution in [1.82, 2.24) is 10.0 Å². The Morgan fingerprint density at radius 2 is 1.70 bits per heavy atom. The van der Waals surface area contributed by atoms with Gasteiger partial charge in [0.25, 0.3) is 0 Å². The first-order valence-corrected chi connectivity index (χ1v) is 11.2. The number of benzene rings is 1. The maximum atomic E-state index is 13.1. The Kier molecular flexibility index (Phi) is 6.06. The maximum Gasteiger partial charge on any atom is 0.240 e. The minimum Gasteiger partial charge on any atom is -0.494 e. The predicted octanol–water partition coefficient (Wildman–Crippen LogP) is 3.97. The molecule has 0 atom stereocenters. The normalized spacial score (nSPS) is 20.4. The third-order valence-corrected chi connectivity index (χ3v) is 6.40. The van der Waals surface area contributed by atoms with Crippen LogP contribution in [0.15, 0.2) is 23.1 Å². The van der Waals surface area contributed by atoms with E-state index in [4.69, 9.17) is 4.74 Å². The minimum absolute atomic E-state index is 0.106. The zero-order chi connectivity index (χ0) is 20.7. The smallest absolute Gasteiger partial charge is 0.240 e. The van der Waals surface area contributed by atoms with E-state index in [1.807, 2.05) is 6.92 Å². The summed E-state index contributed by atoms with van der Waals surface area (Å²) in [5, 5.41) is 3.59. The van der Waals surface area contributed by atoms with E-state index in [-0.39, 0.29) is 22.5 Å². The van der Waals surface area contributed by atoms with Crippen LogP contribution < -0.4 is 14.8 Å². The lowest BCUT2D eigenvalue weighted by molar-refractivity contribution is 0.157. The molecule has 0 bridgehead atoms. The lowest BCUT2D eigenvalue weighted by Crippen LogP contribution is -2.62. The molecule has 0 saturated carbocycles. The number of sulfonamides is 1. The van der Waals surface area contributed by atoms with Gasteiger partial charge in [-0.15, -0.1) is 0 Å². The Bertz CT molecular complexity index is 761. The zero-order valence-corrected chi connectivity index (χ0v) is 18.9. The van der Waals surface area contributed by atoms with Crippen molar-refractivity contribution in [3.05, 3.63) is 23.8 Å². The summed E-state index contributed by atoms with van der Waals surface area (Å²) in [5.74, 6) is 0.744. The third kappa shape index (κ3) is 5.69. The van der Waals surface area contributed by atoms with Crippen molar-refractivity contribution < 1.29 is 13.2 Å². The largest absolute Gasteiger partial charge is 0.494 e. The number of hydrogen-bond donors (Lipinski definition) is 2. The van der Waals surface area contributed by atoms with E-state index in [9.17, 15) is 8.42 Å². The highest BCUT2D eigenvalue weighted by Gasteiger charge is 2.39. The second-order valence-electron chi connectivity index (χ2n) is 9.96. The molecule has 1 aromatic rings. The molecular formula is C21H36N2O3S. The van der Waals surface area contributed by atoms with Gasteiger partial charge in [-0.05, 0) is 71.1 Å². The molecule has 0 amide bonds. The van der Waals surface area contributed by atoms with Crippen LogP contribution in [-0.2, 0) is 15.4 Å². The molecule has 0 radical (unpaired) electrons. The fourth-order valence-corrected chi connectivity index (χ4v) is 5.50. The Hall–Kier alpha value is -1.11. The summed E-state index contributed by atoms with van der Waals surface area (Å²) in [6.07, 6.45) is 1.50. The molecule has 1 aliphatic rings. The second-order valence-corrected chi connectivity index (χ2v) is 11.7. The van der Waals surface area contributed by atoms with E-state index in [0.29, 0.717) is 11.5 Å². The van der Waals surface area contributed by atoms with Gasteiger partial charge in [-0.1, -0.05) is 20.8 Å². The molecule has 0 aliphatic carbocycles. The number of rotatable bonds is 5. The summed E-state index contributed by atoms with van der Waals surface area (Å²) in [4.78, 5) is 0.296. The van der Waals surface area contributed by atoms with E-state index in [2.05, 4.69) is 58.5 Å². The molecule has 2 rings (SSSR count). The number of ether oxygens (including phenoxy) is 1. The number of hydrogen-bond acceptors (Lipinski definition) is 4. The van der Waals surface area contributed by atoms with Gasteiger partial charge in [-0.2, -0.15) is 0 Å². The van der Waals surface area contributed by atoms with Gasteiger partial charge >= 0.3 is 0 Å². The monoisotopic (exact) mass is 396 g/mol. The van der Waals surface area contributed by atoms with Gasteiger partial charge in [-0.25, -0.2) is 13.1 Å². The molecule has 1 fully saturated rings. The van der Waals surface area contributed by atoms with Crippen molar-refractivity contribution in [2.24, 2.45) is 0 Å². The average Bonchev–Trinajstić information content (AvgIpc) is 2.42. The first-order chi connectivity index (χ1) is 12.2. The summed E-state index contributed by atoms with van der Waals surface area (Å²) in [6, 6.07) is 5.06. The molecule has 154 valence electrons. The highest BCUT2D eigenvalue weighted by molar-refractivity contribution is 7.89. The molecule has 1 aromatic carbocycles. The van der Waals surface area contributed by atoms with E-state index in [1.54, 1.807) is 18.2 Å². The van der Waals surface area contributed by atoms with Crippen LogP contribution in [0.5, 0.6) is 5.75 Å². The fourth-order valence-electron chi connectivity index (χ4n) is 4.24. The van der Waals surface area contributed by atoms with Crippen molar-refractivity contribution in [3.63, 3.8) is 0 Å². The number of nitrogens with one attached hydrogen (secondary N) is 2. The van der Waals surface area contributed by atoms with Gasteiger partial charge in [0.1, 0.15) is 5.75 Å². The quantitative estimate of drug-likeness (QED) is 0.790. The van der Waals surface area contributed by atoms with Crippen molar-refractivity contribution in [2.75, 3.05) is 6.61 Å². The molecule has 27 heavy (non-hydrogen) atoms. The van der Waals surface area contributed by atoms with Crippen LogP contribution in [-0.4, -0.2) is 32.1 Å². The van der Waals surface area contributed by atoms with E-state index < -0.39 is 10.0 Å². The summed E-state index contributed by atoms with van der Waals surface area (Å²) in [6.45, 7) is 17.1. The molecule has 1 heterocycles. The Balaban J connectivity index is 2.34. The van der Waals surface area contributed by atoms with Crippen LogP contribution in [0.4, 0.5) is 0 Å².